The fraction of sp³-hybridized carbons (Fsp3) is 0.111. The zero-order valence-electron chi connectivity index (χ0n) is 14.3. The number of benzene rings is 2. The van der Waals surface area contributed by atoms with Gasteiger partial charge < -0.3 is 14.2 Å². The number of carbonyl (C=O) groups is 1. The number of para-hydroxylation sites is 1. The number of nitro groups is 1. The number of cyclic esters (lactones) is 1. The normalized spacial score (nSPS) is 14.7. The van der Waals surface area contributed by atoms with Gasteiger partial charge in [0.2, 0.25) is 5.90 Å². The maximum Gasteiger partial charge on any atom is 0.363 e. The lowest BCUT2D eigenvalue weighted by Crippen LogP contribution is -2.06. The van der Waals surface area contributed by atoms with Crippen LogP contribution in [0.1, 0.15) is 11.1 Å². The highest BCUT2D eigenvalue weighted by molar-refractivity contribution is 6.32. The minimum absolute atomic E-state index is 0.0224. The van der Waals surface area contributed by atoms with Crippen LogP contribution in [-0.4, -0.2) is 31.0 Å². The molecule has 1 aliphatic heterocycles. The summed E-state index contributed by atoms with van der Waals surface area (Å²) in [6, 6.07) is 9.21. The van der Waals surface area contributed by atoms with Gasteiger partial charge in [-0.05, 0) is 24.3 Å². The zero-order valence-corrected chi connectivity index (χ0v) is 15.0. The Morgan fingerprint density at radius 2 is 2.00 bits per heavy atom. The molecule has 3 rings (SSSR count). The van der Waals surface area contributed by atoms with E-state index in [1.54, 1.807) is 18.2 Å². The van der Waals surface area contributed by atoms with E-state index in [2.05, 4.69) is 4.99 Å². The Labute approximate surface area is 158 Å². The Balaban J connectivity index is 2.02. The van der Waals surface area contributed by atoms with Gasteiger partial charge in [-0.25, -0.2) is 9.79 Å². The molecule has 2 aromatic carbocycles. The molecule has 2 aromatic rings. The van der Waals surface area contributed by atoms with Gasteiger partial charge in [-0.1, -0.05) is 23.7 Å². The van der Waals surface area contributed by atoms with Crippen LogP contribution in [0.2, 0.25) is 5.02 Å². The van der Waals surface area contributed by atoms with Crippen molar-refractivity contribution < 1.29 is 23.9 Å². The molecule has 8 nitrogen and oxygen atoms in total. The summed E-state index contributed by atoms with van der Waals surface area (Å²) in [5.41, 5.74) is 0.547. The van der Waals surface area contributed by atoms with Crippen LogP contribution in [0.5, 0.6) is 11.5 Å². The Kier molecular flexibility index (Phi) is 5.09. The second-order valence-electron chi connectivity index (χ2n) is 5.34. The molecule has 9 heteroatoms. The van der Waals surface area contributed by atoms with E-state index in [1.165, 1.54) is 38.5 Å². The number of ether oxygens (including phenoxy) is 3. The number of esters is 1. The number of aliphatic imine (C=N–C) groups is 1. The second kappa shape index (κ2) is 7.46. The van der Waals surface area contributed by atoms with Crippen LogP contribution < -0.4 is 9.47 Å². The molecule has 0 aromatic heterocycles. The van der Waals surface area contributed by atoms with Crippen molar-refractivity contribution in [3.05, 3.63) is 68.4 Å². The average Bonchev–Trinajstić information content (AvgIpc) is 3.02. The third-order valence-corrected chi connectivity index (χ3v) is 4.06. The smallest absolute Gasteiger partial charge is 0.363 e. The fourth-order valence-corrected chi connectivity index (χ4v) is 2.68. The molecule has 138 valence electrons. The topological polar surface area (TPSA) is 100 Å². The van der Waals surface area contributed by atoms with Crippen molar-refractivity contribution in [1.29, 1.82) is 0 Å². The molecule has 0 radical (unpaired) electrons. The minimum atomic E-state index is -0.688. The summed E-state index contributed by atoms with van der Waals surface area (Å²) in [5.74, 6) is 0.196. The Hall–Kier alpha value is -3.39. The van der Waals surface area contributed by atoms with Gasteiger partial charge in [-0.15, -0.1) is 0 Å². The highest BCUT2D eigenvalue weighted by Crippen LogP contribution is 2.33. The largest absolute Gasteiger partial charge is 0.493 e. The lowest BCUT2D eigenvalue weighted by atomic mass is 10.1. The highest BCUT2D eigenvalue weighted by atomic mass is 35.5. The van der Waals surface area contributed by atoms with Crippen molar-refractivity contribution in [2.75, 3.05) is 14.2 Å². The van der Waals surface area contributed by atoms with Crippen molar-refractivity contribution in [3.8, 4) is 11.5 Å². The molecule has 0 N–H and O–H groups in total. The number of rotatable bonds is 5. The lowest BCUT2D eigenvalue weighted by molar-refractivity contribution is -0.384. The Bertz CT molecular complexity index is 999. The van der Waals surface area contributed by atoms with Crippen LogP contribution in [0.4, 0.5) is 5.69 Å². The minimum Gasteiger partial charge on any atom is -0.493 e. The van der Waals surface area contributed by atoms with Crippen LogP contribution >= 0.6 is 11.6 Å². The molecule has 0 aliphatic carbocycles. The number of carbonyl (C=O) groups excluding carboxylic acids is 1. The predicted molar refractivity (Wildman–Crippen MR) is 98.3 cm³/mol. The van der Waals surface area contributed by atoms with E-state index in [0.717, 1.165) is 0 Å². The van der Waals surface area contributed by atoms with Crippen molar-refractivity contribution in [2.24, 2.45) is 4.99 Å². The molecule has 0 spiro atoms. The molecule has 0 bridgehead atoms. The first kappa shape index (κ1) is 18.4. The van der Waals surface area contributed by atoms with E-state index < -0.39 is 10.9 Å². The van der Waals surface area contributed by atoms with Crippen molar-refractivity contribution >= 4 is 35.2 Å². The summed E-state index contributed by atoms with van der Waals surface area (Å²) in [5, 5.41) is 11.0. The van der Waals surface area contributed by atoms with E-state index in [4.69, 9.17) is 25.8 Å². The van der Waals surface area contributed by atoms with E-state index in [0.29, 0.717) is 17.1 Å². The first-order valence-corrected chi connectivity index (χ1v) is 8.00. The number of methoxy groups -OCH3 is 2. The number of nitro benzene ring substituents is 1. The van der Waals surface area contributed by atoms with Crippen molar-refractivity contribution in [2.45, 2.75) is 0 Å². The van der Waals surface area contributed by atoms with Gasteiger partial charge in [0.1, 0.15) is 5.02 Å². The number of halogens is 1. The molecule has 0 unspecified atom stereocenters. The van der Waals surface area contributed by atoms with Crippen LogP contribution in [0, 0.1) is 10.1 Å². The van der Waals surface area contributed by atoms with Gasteiger partial charge >= 0.3 is 5.97 Å². The first-order valence-electron chi connectivity index (χ1n) is 7.62. The third-order valence-electron chi connectivity index (χ3n) is 3.74. The monoisotopic (exact) mass is 388 g/mol. The molecule has 0 fully saturated rings. The molecule has 27 heavy (non-hydrogen) atoms. The maximum absolute atomic E-state index is 12.2. The summed E-state index contributed by atoms with van der Waals surface area (Å²) in [7, 11) is 2.98. The molecule has 1 aliphatic rings. The van der Waals surface area contributed by atoms with Crippen LogP contribution in [0.25, 0.3) is 6.08 Å². The molecule has 0 saturated carbocycles. The SMILES string of the molecule is COc1cccc(/C=C2/N=C(c3ccc(Cl)c([N+](=O)[O-])c3)OC2=O)c1OC. The maximum atomic E-state index is 12.2. The Morgan fingerprint density at radius 3 is 2.67 bits per heavy atom. The standard InChI is InChI=1S/C18H13ClN2O6/c1-25-15-5-3-4-10(16(15)26-2)8-13-18(22)27-17(20-13)11-6-7-12(19)14(9-11)21(23)24/h3-9H,1-2H3/b13-8+. The lowest BCUT2D eigenvalue weighted by Gasteiger charge is -2.09. The molecule has 1 heterocycles. The molecule has 0 atom stereocenters. The second-order valence-corrected chi connectivity index (χ2v) is 5.75. The summed E-state index contributed by atoms with van der Waals surface area (Å²) >= 11 is 5.80. The average molecular weight is 389 g/mol. The van der Waals surface area contributed by atoms with E-state index in [1.807, 2.05) is 0 Å². The van der Waals surface area contributed by atoms with Gasteiger partial charge in [-0.3, -0.25) is 10.1 Å². The van der Waals surface area contributed by atoms with Gasteiger partial charge in [-0.2, -0.15) is 0 Å². The summed E-state index contributed by atoms with van der Waals surface area (Å²) in [4.78, 5) is 26.7. The van der Waals surface area contributed by atoms with Crippen molar-refractivity contribution in [3.63, 3.8) is 0 Å². The van der Waals surface area contributed by atoms with E-state index in [-0.39, 0.29) is 27.9 Å². The predicted octanol–water partition coefficient (Wildman–Crippen LogP) is 3.61. The molecular weight excluding hydrogens is 376 g/mol. The van der Waals surface area contributed by atoms with Crippen LogP contribution in [0.15, 0.2) is 47.1 Å². The van der Waals surface area contributed by atoms with E-state index in [9.17, 15) is 14.9 Å². The number of hydrogen-bond acceptors (Lipinski definition) is 7. The van der Waals surface area contributed by atoms with Crippen LogP contribution in [0.3, 0.4) is 0 Å². The summed E-state index contributed by atoms with van der Waals surface area (Å²) < 4.78 is 15.7. The zero-order chi connectivity index (χ0) is 19.6. The van der Waals surface area contributed by atoms with Gasteiger partial charge in [0.25, 0.3) is 5.69 Å². The highest BCUT2D eigenvalue weighted by Gasteiger charge is 2.26. The molecular formula is C18H13ClN2O6. The first-order chi connectivity index (χ1) is 12.9. The summed E-state index contributed by atoms with van der Waals surface area (Å²) in [6.07, 6.45) is 1.49. The van der Waals surface area contributed by atoms with Crippen LogP contribution in [-0.2, 0) is 9.53 Å². The molecule has 0 saturated heterocycles. The molecule has 0 amide bonds. The Morgan fingerprint density at radius 1 is 1.22 bits per heavy atom. The van der Waals surface area contributed by atoms with Gasteiger partial charge in [0, 0.05) is 17.2 Å². The fourth-order valence-electron chi connectivity index (χ4n) is 2.49. The van der Waals surface area contributed by atoms with E-state index >= 15 is 0 Å². The third kappa shape index (κ3) is 3.61. The quantitative estimate of drug-likeness (QED) is 0.335. The van der Waals surface area contributed by atoms with Crippen molar-refractivity contribution in [1.82, 2.24) is 0 Å². The van der Waals surface area contributed by atoms with Gasteiger partial charge in [0.15, 0.2) is 17.2 Å². The van der Waals surface area contributed by atoms with Gasteiger partial charge in [0.05, 0.1) is 19.1 Å². The number of nitrogens with zero attached hydrogens (tertiary/aromatic N) is 2. The summed E-state index contributed by atoms with van der Waals surface area (Å²) in [6.45, 7) is 0. The number of hydrogen-bond donors (Lipinski definition) is 0.